The van der Waals surface area contributed by atoms with Crippen LogP contribution in [0.5, 0.6) is 0 Å². The summed E-state index contributed by atoms with van der Waals surface area (Å²) in [5, 5.41) is 0. The number of hydrogen-bond donors (Lipinski definition) is 2. The molecule has 2 aromatic rings. The molecule has 2 aromatic heterocycles. The van der Waals surface area contributed by atoms with Crippen molar-refractivity contribution in [1.82, 2.24) is 9.97 Å². The Kier molecular flexibility index (Phi) is 3.60. The number of H-pyrrole nitrogens is 1. The summed E-state index contributed by atoms with van der Waals surface area (Å²) in [7, 11) is 0. The number of imidazole rings is 1. The highest BCUT2D eigenvalue weighted by molar-refractivity contribution is 9.12. The van der Waals surface area contributed by atoms with E-state index in [2.05, 4.69) is 41.8 Å². The Morgan fingerprint density at radius 3 is 2.87 bits per heavy atom. The van der Waals surface area contributed by atoms with E-state index in [9.17, 15) is 0 Å². The van der Waals surface area contributed by atoms with Gasteiger partial charge in [0, 0.05) is 24.9 Å². The molecule has 0 amide bonds. The number of aromatic nitrogens is 2. The molecular formula is C9H9Br2N3S. The third-order valence-electron chi connectivity index (χ3n) is 2.05. The molecule has 3 nitrogen and oxygen atoms in total. The van der Waals surface area contributed by atoms with Crippen LogP contribution in [-0.2, 0) is 6.42 Å². The fraction of sp³-hybridized carbons (Fsp3) is 0.222. The minimum atomic E-state index is -0.0342. The third kappa shape index (κ3) is 2.69. The molecule has 15 heavy (non-hydrogen) atoms. The lowest BCUT2D eigenvalue weighted by Crippen LogP contribution is -2.13. The lowest BCUT2D eigenvalue weighted by molar-refractivity contribution is 0.694. The molecule has 0 bridgehead atoms. The summed E-state index contributed by atoms with van der Waals surface area (Å²) in [6, 6.07) is 2.01. The first-order chi connectivity index (χ1) is 7.16. The van der Waals surface area contributed by atoms with Crippen molar-refractivity contribution in [2.75, 3.05) is 0 Å². The van der Waals surface area contributed by atoms with Crippen LogP contribution in [-0.4, -0.2) is 9.97 Å². The Balaban J connectivity index is 2.14. The number of nitrogens with two attached hydrogens (primary N) is 1. The Labute approximate surface area is 108 Å². The van der Waals surface area contributed by atoms with Gasteiger partial charge in [0.1, 0.15) is 5.82 Å². The molecule has 0 aliphatic rings. The van der Waals surface area contributed by atoms with Crippen LogP contribution in [0.15, 0.2) is 26.0 Å². The van der Waals surface area contributed by atoms with Crippen molar-refractivity contribution in [3.8, 4) is 0 Å². The van der Waals surface area contributed by atoms with E-state index in [0.29, 0.717) is 0 Å². The maximum absolute atomic E-state index is 6.10. The lowest BCUT2D eigenvalue weighted by atomic mass is 10.1. The molecule has 0 radical (unpaired) electrons. The standard InChI is InChI=1S/C9H9Br2N3S/c10-7-3-5(9(11)15-7)6(12)4-8-13-1-2-14-8/h1-3,6H,4,12H2,(H,13,14). The first-order valence-corrected chi connectivity index (χ1v) is 6.75. The summed E-state index contributed by atoms with van der Waals surface area (Å²) in [5.41, 5.74) is 7.21. The molecule has 6 heteroatoms. The quantitative estimate of drug-likeness (QED) is 0.892. The molecule has 0 aliphatic carbocycles. The zero-order chi connectivity index (χ0) is 10.8. The van der Waals surface area contributed by atoms with Gasteiger partial charge in [0.2, 0.25) is 0 Å². The van der Waals surface area contributed by atoms with Gasteiger partial charge in [-0.1, -0.05) is 0 Å². The van der Waals surface area contributed by atoms with Crippen LogP contribution in [0.4, 0.5) is 0 Å². The maximum Gasteiger partial charge on any atom is 0.107 e. The van der Waals surface area contributed by atoms with Crippen molar-refractivity contribution in [3.63, 3.8) is 0 Å². The SMILES string of the molecule is NC(Cc1ncc[nH]1)c1cc(Br)sc1Br. The molecule has 1 atom stereocenters. The summed E-state index contributed by atoms with van der Waals surface area (Å²) in [4.78, 5) is 7.21. The predicted molar refractivity (Wildman–Crippen MR) is 68.9 cm³/mol. The van der Waals surface area contributed by atoms with Crippen molar-refractivity contribution in [3.05, 3.63) is 37.4 Å². The summed E-state index contributed by atoms with van der Waals surface area (Å²) in [6.45, 7) is 0. The smallest absolute Gasteiger partial charge is 0.107 e. The first-order valence-electron chi connectivity index (χ1n) is 4.35. The molecule has 0 aliphatic heterocycles. The van der Waals surface area contributed by atoms with Crippen molar-refractivity contribution >= 4 is 43.2 Å². The van der Waals surface area contributed by atoms with Crippen LogP contribution in [0, 0.1) is 0 Å². The van der Waals surface area contributed by atoms with Crippen molar-refractivity contribution < 1.29 is 0 Å². The van der Waals surface area contributed by atoms with E-state index in [-0.39, 0.29) is 6.04 Å². The normalized spacial score (nSPS) is 13.0. The van der Waals surface area contributed by atoms with Crippen molar-refractivity contribution in [1.29, 1.82) is 0 Å². The lowest BCUT2D eigenvalue weighted by Gasteiger charge is -2.08. The zero-order valence-corrected chi connectivity index (χ0v) is 11.7. The van der Waals surface area contributed by atoms with Gasteiger partial charge in [0.15, 0.2) is 0 Å². The zero-order valence-electron chi connectivity index (χ0n) is 7.71. The van der Waals surface area contributed by atoms with Gasteiger partial charge in [-0.2, -0.15) is 0 Å². The van der Waals surface area contributed by atoms with Gasteiger partial charge >= 0.3 is 0 Å². The van der Waals surface area contributed by atoms with E-state index in [1.165, 1.54) is 0 Å². The Morgan fingerprint density at radius 2 is 2.33 bits per heavy atom. The van der Waals surface area contributed by atoms with Crippen LogP contribution >= 0.6 is 43.2 Å². The van der Waals surface area contributed by atoms with E-state index < -0.39 is 0 Å². The van der Waals surface area contributed by atoms with Crippen molar-refractivity contribution in [2.24, 2.45) is 5.73 Å². The molecule has 80 valence electrons. The number of thiophene rings is 1. The number of aromatic amines is 1. The Bertz CT molecular complexity index is 438. The highest BCUT2D eigenvalue weighted by Gasteiger charge is 2.14. The van der Waals surface area contributed by atoms with Gasteiger partial charge in [0.05, 0.1) is 7.57 Å². The van der Waals surface area contributed by atoms with E-state index in [1.807, 2.05) is 6.07 Å². The van der Waals surface area contributed by atoms with Crippen LogP contribution in [0.25, 0.3) is 0 Å². The second kappa shape index (κ2) is 4.78. The Hall–Kier alpha value is -0.170. The molecule has 2 heterocycles. The van der Waals surface area contributed by atoms with Gasteiger partial charge in [0.25, 0.3) is 0 Å². The molecule has 0 spiro atoms. The van der Waals surface area contributed by atoms with Gasteiger partial charge in [-0.3, -0.25) is 0 Å². The molecule has 0 fully saturated rings. The summed E-state index contributed by atoms with van der Waals surface area (Å²) < 4.78 is 2.16. The summed E-state index contributed by atoms with van der Waals surface area (Å²) in [5.74, 6) is 0.914. The molecule has 1 unspecified atom stereocenters. The van der Waals surface area contributed by atoms with Crippen LogP contribution in [0.2, 0.25) is 0 Å². The van der Waals surface area contributed by atoms with Crippen LogP contribution < -0.4 is 5.73 Å². The van der Waals surface area contributed by atoms with E-state index in [1.54, 1.807) is 23.7 Å². The number of hydrogen-bond acceptors (Lipinski definition) is 3. The summed E-state index contributed by atoms with van der Waals surface area (Å²) in [6.07, 6.45) is 4.26. The average Bonchev–Trinajstić information content (AvgIpc) is 2.75. The number of rotatable bonds is 3. The maximum atomic E-state index is 6.10. The minimum absolute atomic E-state index is 0.0342. The topological polar surface area (TPSA) is 54.7 Å². The monoisotopic (exact) mass is 349 g/mol. The predicted octanol–water partition coefficient (Wildman–Crippen LogP) is 3.24. The fourth-order valence-corrected chi connectivity index (χ4v) is 4.33. The van der Waals surface area contributed by atoms with Gasteiger partial charge in [-0.05, 0) is 43.5 Å². The molecule has 0 aromatic carbocycles. The average molecular weight is 351 g/mol. The van der Waals surface area contributed by atoms with Gasteiger partial charge in [-0.25, -0.2) is 4.98 Å². The van der Waals surface area contributed by atoms with Gasteiger partial charge in [-0.15, -0.1) is 11.3 Å². The highest BCUT2D eigenvalue weighted by Crippen LogP contribution is 2.35. The van der Waals surface area contributed by atoms with E-state index in [4.69, 9.17) is 5.73 Å². The fourth-order valence-electron chi connectivity index (χ4n) is 1.33. The van der Waals surface area contributed by atoms with E-state index >= 15 is 0 Å². The minimum Gasteiger partial charge on any atom is -0.349 e. The van der Waals surface area contributed by atoms with Gasteiger partial charge < -0.3 is 10.7 Å². The molecule has 3 N–H and O–H groups in total. The number of halogens is 2. The first kappa shape index (κ1) is 11.3. The van der Waals surface area contributed by atoms with E-state index in [0.717, 1.165) is 25.4 Å². The molecular weight excluding hydrogens is 342 g/mol. The molecule has 0 saturated carbocycles. The molecule has 2 rings (SSSR count). The van der Waals surface area contributed by atoms with Crippen molar-refractivity contribution in [2.45, 2.75) is 12.5 Å². The highest BCUT2D eigenvalue weighted by atomic mass is 79.9. The van der Waals surface area contributed by atoms with Crippen LogP contribution in [0.1, 0.15) is 17.4 Å². The second-order valence-electron chi connectivity index (χ2n) is 3.13. The number of nitrogens with zero attached hydrogens (tertiary/aromatic N) is 1. The van der Waals surface area contributed by atoms with Crippen LogP contribution in [0.3, 0.4) is 0 Å². The largest absolute Gasteiger partial charge is 0.349 e. The number of nitrogens with one attached hydrogen (secondary N) is 1. The molecule has 0 saturated heterocycles. The Morgan fingerprint density at radius 1 is 1.53 bits per heavy atom. The second-order valence-corrected chi connectivity index (χ2v) is 6.88. The summed E-state index contributed by atoms with van der Waals surface area (Å²) >= 11 is 8.57. The third-order valence-corrected chi connectivity index (χ3v) is 4.44.